The summed E-state index contributed by atoms with van der Waals surface area (Å²) < 4.78 is 0. The number of nitrogens with two attached hydrogens (primary N) is 1. The van der Waals surface area contributed by atoms with Gasteiger partial charge in [0.1, 0.15) is 0 Å². The van der Waals surface area contributed by atoms with Crippen molar-refractivity contribution in [3.05, 3.63) is 48.0 Å². The number of carbonyl (C=O) groups excluding carboxylic acids is 1. The number of amides is 1. The van der Waals surface area contributed by atoms with Crippen molar-refractivity contribution in [1.29, 1.82) is 0 Å². The van der Waals surface area contributed by atoms with E-state index in [1.54, 1.807) is 0 Å². The predicted octanol–water partition coefficient (Wildman–Crippen LogP) is 5.81. The fraction of sp³-hybridized carbons (Fsp3) is 0.478. The highest BCUT2D eigenvalue weighted by molar-refractivity contribution is 7.80. The van der Waals surface area contributed by atoms with E-state index in [1.165, 1.54) is 54.9 Å². The topological polar surface area (TPSA) is 55.1 Å². The van der Waals surface area contributed by atoms with Crippen LogP contribution in [0, 0.1) is 0 Å². The Kier molecular flexibility index (Phi) is 9.26. The smallest absolute Gasteiger partial charge is 0.226 e. The molecule has 27 heavy (non-hydrogen) atoms. The molecule has 2 aromatic rings. The molecule has 1 atom stereocenters. The number of fused-ring (bicyclic) bond motifs is 1. The molecule has 1 amide bonds. The Morgan fingerprint density at radius 3 is 2.37 bits per heavy atom. The predicted molar refractivity (Wildman–Crippen MR) is 119 cm³/mol. The Morgan fingerprint density at radius 1 is 1.00 bits per heavy atom. The third-order valence-corrected chi connectivity index (χ3v) is 5.20. The van der Waals surface area contributed by atoms with Crippen molar-refractivity contribution >= 4 is 34.0 Å². The number of rotatable bonds is 11. The summed E-state index contributed by atoms with van der Waals surface area (Å²) in [6.45, 7) is 2.24. The average Bonchev–Trinajstić information content (AvgIpc) is 2.65. The Morgan fingerprint density at radius 2 is 1.67 bits per heavy atom. The van der Waals surface area contributed by atoms with Gasteiger partial charge in [0.15, 0.2) is 5.11 Å². The monoisotopic (exact) mass is 384 g/mol. The van der Waals surface area contributed by atoms with Crippen molar-refractivity contribution in [2.24, 2.45) is 5.73 Å². The standard InChI is InChI=1S/C23H32N2OS/c1-2-3-4-5-6-7-8-12-20(17-22(26)25-23(24)27)21-15-14-18-11-9-10-13-19(18)16-21/h9-11,13-16,20H,2-8,12,17H2,1H3,(H3,24,25,26,27). The molecular weight excluding hydrogens is 352 g/mol. The van der Waals surface area contributed by atoms with Gasteiger partial charge in [-0.3, -0.25) is 4.79 Å². The number of hydrogen-bond donors (Lipinski definition) is 2. The molecule has 0 radical (unpaired) electrons. The first-order valence-electron chi connectivity index (χ1n) is 10.2. The van der Waals surface area contributed by atoms with Crippen molar-refractivity contribution in [3.8, 4) is 0 Å². The van der Waals surface area contributed by atoms with Crippen LogP contribution >= 0.6 is 12.2 Å². The zero-order valence-electron chi connectivity index (χ0n) is 16.4. The lowest BCUT2D eigenvalue weighted by Gasteiger charge is -2.18. The van der Waals surface area contributed by atoms with Crippen LogP contribution in [0.1, 0.15) is 76.2 Å². The number of nitrogens with one attached hydrogen (secondary N) is 1. The van der Waals surface area contributed by atoms with Crippen LogP contribution in [-0.4, -0.2) is 11.0 Å². The first-order valence-corrected chi connectivity index (χ1v) is 10.6. The third kappa shape index (κ3) is 7.67. The molecule has 0 aromatic heterocycles. The third-order valence-electron chi connectivity index (χ3n) is 5.10. The second kappa shape index (κ2) is 11.7. The molecule has 2 aromatic carbocycles. The summed E-state index contributed by atoms with van der Waals surface area (Å²) in [5.74, 6) is 0.100. The van der Waals surface area contributed by atoms with Gasteiger partial charge in [-0.05, 0) is 40.9 Å². The Bertz CT molecular complexity index is 744. The highest BCUT2D eigenvalue weighted by Crippen LogP contribution is 2.29. The van der Waals surface area contributed by atoms with Crippen molar-refractivity contribution in [2.45, 2.75) is 70.6 Å². The Hall–Kier alpha value is -1.94. The number of benzene rings is 2. The molecule has 0 fully saturated rings. The van der Waals surface area contributed by atoms with Crippen LogP contribution in [-0.2, 0) is 4.79 Å². The molecule has 0 aliphatic heterocycles. The van der Waals surface area contributed by atoms with Gasteiger partial charge in [-0.1, -0.05) is 94.3 Å². The van der Waals surface area contributed by atoms with Crippen LogP contribution in [0.2, 0.25) is 0 Å². The Labute approximate surface area is 168 Å². The minimum absolute atomic E-state index is 0.0492. The van der Waals surface area contributed by atoms with E-state index in [2.05, 4.69) is 48.6 Å². The molecule has 146 valence electrons. The molecule has 4 heteroatoms. The summed E-state index contributed by atoms with van der Waals surface area (Å²) in [7, 11) is 0. The molecule has 0 spiro atoms. The zero-order chi connectivity index (χ0) is 19.5. The average molecular weight is 385 g/mol. The largest absolute Gasteiger partial charge is 0.376 e. The maximum Gasteiger partial charge on any atom is 0.226 e. The van der Waals surface area contributed by atoms with E-state index in [9.17, 15) is 4.79 Å². The SMILES string of the molecule is CCCCCCCCCC(CC(=O)NC(N)=S)c1ccc2ccccc2c1. The molecule has 2 rings (SSSR count). The van der Waals surface area contributed by atoms with Crippen LogP contribution < -0.4 is 11.1 Å². The first kappa shape index (κ1) is 21.4. The maximum absolute atomic E-state index is 12.2. The first-order chi connectivity index (χ1) is 13.1. The summed E-state index contributed by atoms with van der Waals surface area (Å²) in [5, 5.41) is 5.07. The minimum atomic E-state index is -0.0939. The van der Waals surface area contributed by atoms with E-state index in [1.807, 2.05) is 6.07 Å². The van der Waals surface area contributed by atoms with Gasteiger partial charge < -0.3 is 11.1 Å². The molecule has 0 bridgehead atoms. The van der Waals surface area contributed by atoms with E-state index in [0.29, 0.717) is 6.42 Å². The lowest BCUT2D eigenvalue weighted by molar-refractivity contribution is -0.120. The second-order valence-corrected chi connectivity index (χ2v) is 7.77. The molecule has 0 saturated carbocycles. The lowest BCUT2D eigenvalue weighted by atomic mass is 9.88. The van der Waals surface area contributed by atoms with Crippen LogP contribution in [0.25, 0.3) is 10.8 Å². The number of hydrogen-bond acceptors (Lipinski definition) is 2. The van der Waals surface area contributed by atoms with Gasteiger partial charge in [-0.2, -0.15) is 0 Å². The molecule has 3 N–H and O–H groups in total. The zero-order valence-corrected chi connectivity index (χ0v) is 17.2. The highest BCUT2D eigenvalue weighted by Gasteiger charge is 2.17. The second-order valence-electron chi connectivity index (χ2n) is 7.33. The normalized spacial score (nSPS) is 12.0. The van der Waals surface area contributed by atoms with E-state index in [0.717, 1.165) is 12.8 Å². The van der Waals surface area contributed by atoms with Crippen LogP contribution in [0.15, 0.2) is 42.5 Å². The van der Waals surface area contributed by atoms with Gasteiger partial charge in [-0.25, -0.2) is 0 Å². The molecule has 1 unspecified atom stereocenters. The maximum atomic E-state index is 12.2. The quantitative estimate of drug-likeness (QED) is 0.379. The van der Waals surface area contributed by atoms with Crippen molar-refractivity contribution in [2.75, 3.05) is 0 Å². The fourth-order valence-corrected chi connectivity index (χ4v) is 3.72. The van der Waals surface area contributed by atoms with Gasteiger partial charge in [0, 0.05) is 6.42 Å². The molecular formula is C23H32N2OS. The van der Waals surface area contributed by atoms with Gasteiger partial charge >= 0.3 is 0 Å². The van der Waals surface area contributed by atoms with E-state index < -0.39 is 0 Å². The minimum Gasteiger partial charge on any atom is -0.376 e. The van der Waals surface area contributed by atoms with E-state index in [-0.39, 0.29) is 16.9 Å². The van der Waals surface area contributed by atoms with Gasteiger partial charge in [0.25, 0.3) is 0 Å². The Balaban J connectivity index is 1.99. The van der Waals surface area contributed by atoms with Crippen molar-refractivity contribution in [1.82, 2.24) is 5.32 Å². The van der Waals surface area contributed by atoms with Crippen molar-refractivity contribution in [3.63, 3.8) is 0 Å². The summed E-state index contributed by atoms with van der Waals surface area (Å²) in [4.78, 5) is 12.2. The highest BCUT2D eigenvalue weighted by atomic mass is 32.1. The summed E-state index contributed by atoms with van der Waals surface area (Å²) in [6.07, 6.45) is 10.3. The lowest BCUT2D eigenvalue weighted by Crippen LogP contribution is -2.35. The van der Waals surface area contributed by atoms with Gasteiger partial charge in [0.05, 0.1) is 0 Å². The number of unbranched alkanes of at least 4 members (excludes halogenated alkanes) is 6. The molecule has 0 aliphatic rings. The summed E-state index contributed by atoms with van der Waals surface area (Å²) in [6, 6.07) is 14.9. The van der Waals surface area contributed by atoms with Crippen molar-refractivity contribution < 1.29 is 4.79 Å². The van der Waals surface area contributed by atoms with E-state index in [4.69, 9.17) is 18.0 Å². The number of thiocarbonyl (C=S) groups is 1. The molecule has 0 saturated heterocycles. The van der Waals surface area contributed by atoms with Crippen LogP contribution in [0.4, 0.5) is 0 Å². The van der Waals surface area contributed by atoms with Gasteiger partial charge in [-0.15, -0.1) is 0 Å². The van der Waals surface area contributed by atoms with Crippen LogP contribution in [0.5, 0.6) is 0 Å². The number of carbonyl (C=O) groups is 1. The van der Waals surface area contributed by atoms with E-state index >= 15 is 0 Å². The van der Waals surface area contributed by atoms with Crippen LogP contribution in [0.3, 0.4) is 0 Å². The molecule has 0 aliphatic carbocycles. The van der Waals surface area contributed by atoms with Gasteiger partial charge in [0.2, 0.25) is 5.91 Å². The molecule has 3 nitrogen and oxygen atoms in total. The summed E-state index contributed by atoms with van der Waals surface area (Å²) in [5.41, 5.74) is 6.68. The summed E-state index contributed by atoms with van der Waals surface area (Å²) >= 11 is 4.81. The fourth-order valence-electron chi connectivity index (χ4n) is 3.61. The molecule has 0 heterocycles.